The SMILES string of the molecule is O=C(Cn1ncc2c(N3CCCCC3)ncnc21)Nc1ccc(Br)cc1F. The number of aromatic nitrogens is 4. The van der Waals surface area contributed by atoms with Crippen molar-refractivity contribution in [1.29, 1.82) is 0 Å². The van der Waals surface area contributed by atoms with Crippen molar-refractivity contribution in [1.82, 2.24) is 19.7 Å². The van der Waals surface area contributed by atoms with Gasteiger partial charge in [0.25, 0.3) is 0 Å². The molecular formula is C18H18BrFN6O. The normalized spacial score (nSPS) is 14.5. The Morgan fingerprint density at radius 1 is 1.22 bits per heavy atom. The summed E-state index contributed by atoms with van der Waals surface area (Å²) in [6, 6.07) is 4.48. The van der Waals surface area contributed by atoms with Crippen LogP contribution in [0.5, 0.6) is 0 Å². The van der Waals surface area contributed by atoms with Gasteiger partial charge >= 0.3 is 0 Å². The van der Waals surface area contributed by atoms with Crippen molar-refractivity contribution in [3.8, 4) is 0 Å². The molecule has 1 saturated heterocycles. The van der Waals surface area contributed by atoms with Crippen LogP contribution >= 0.6 is 15.9 Å². The highest BCUT2D eigenvalue weighted by molar-refractivity contribution is 9.10. The molecule has 7 nitrogen and oxygen atoms in total. The van der Waals surface area contributed by atoms with Gasteiger partial charge in [0.15, 0.2) is 5.65 Å². The van der Waals surface area contributed by atoms with Gasteiger partial charge in [-0.3, -0.25) is 4.79 Å². The number of hydrogen-bond acceptors (Lipinski definition) is 5. The molecule has 1 aromatic carbocycles. The summed E-state index contributed by atoms with van der Waals surface area (Å²) in [6.07, 6.45) is 6.70. The van der Waals surface area contributed by atoms with Gasteiger partial charge in [-0.05, 0) is 37.5 Å². The van der Waals surface area contributed by atoms with Crippen LogP contribution in [0.25, 0.3) is 11.0 Å². The molecule has 3 aromatic rings. The molecule has 2 aromatic heterocycles. The summed E-state index contributed by atoms with van der Waals surface area (Å²) in [5, 5.41) is 7.68. The molecule has 9 heteroatoms. The first-order valence-electron chi connectivity index (χ1n) is 8.78. The number of nitrogens with zero attached hydrogens (tertiary/aromatic N) is 5. The van der Waals surface area contributed by atoms with Crippen LogP contribution in [0, 0.1) is 5.82 Å². The second kappa shape index (κ2) is 7.59. The number of rotatable bonds is 4. The van der Waals surface area contributed by atoms with Gasteiger partial charge in [0, 0.05) is 17.6 Å². The first-order chi connectivity index (χ1) is 13.1. The number of carbonyl (C=O) groups excluding carboxylic acids is 1. The van der Waals surface area contributed by atoms with Crippen molar-refractivity contribution in [3.63, 3.8) is 0 Å². The van der Waals surface area contributed by atoms with Gasteiger partial charge in [-0.1, -0.05) is 15.9 Å². The molecule has 4 rings (SSSR count). The topological polar surface area (TPSA) is 75.9 Å². The molecule has 0 spiro atoms. The lowest BCUT2D eigenvalue weighted by Gasteiger charge is -2.27. The monoisotopic (exact) mass is 432 g/mol. The number of halogens is 2. The van der Waals surface area contributed by atoms with Crippen molar-refractivity contribution < 1.29 is 9.18 Å². The maximum absolute atomic E-state index is 13.9. The van der Waals surface area contributed by atoms with E-state index in [1.165, 1.54) is 29.6 Å². The van der Waals surface area contributed by atoms with E-state index in [-0.39, 0.29) is 18.1 Å². The number of anilines is 2. The molecule has 140 valence electrons. The zero-order chi connectivity index (χ0) is 18.8. The molecular weight excluding hydrogens is 415 g/mol. The van der Waals surface area contributed by atoms with E-state index in [4.69, 9.17) is 0 Å². The zero-order valence-corrected chi connectivity index (χ0v) is 16.1. The number of carbonyl (C=O) groups is 1. The van der Waals surface area contributed by atoms with Crippen LogP contribution in [0.3, 0.4) is 0 Å². The van der Waals surface area contributed by atoms with Gasteiger partial charge in [0.1, 0.15) is 24.5 Å². The fraction of sp³-hybridized carbons (Fsp3) is 0.333. The van der Waals surface area contributed by atoms with E-state index in [1.54, 1.807) is 12.3 Å². The van der Waals surface area contributed by atoms with E-state index < -0.39 is 5.82 Å². The van der Waals surface area contributed by atoms with Gasteiger partial charge in [0.05, 0.1) is 17.3 Å². The number of fused-ring (bicyclic) bond motifs is 1. The van der Waals surface area contributed by atoms with E-state index in [1.807, 2.05) is 0 Å². The summed E-state index contributed by atoms with van der Waals surface area (Å²) in [7, 11) is 0. The lowest BCUT2D eigenvalue weighted by atomic mass is 10.1. The Bertz CT molecular complexity index is 985. The standard InChI is InChI=1S/C18H18BrFN6O/c19-12-4-5-15(14(20)8-12)24-16(27)10-26-18-13(9-23-26)17(21-11-22-18)25-6-2-1-3-7-25/h4-5,8-9,11H,1-3,6-7,10H2,(H,24,27). The Kier molecular flexibility index (Phi) is 5.02. The lowest BCUT2D eigenvalue weighted by molar-refractivity contribution is -0.116. The molecule has 0 aliphatic carbocycles. The summed E-state index contributed by atoms with van der Waals surface area (Å²) in [5.41, 5.74) is 0.722. The first kappa shape index (κ1) is 17.8. The van der Waals surface area contributed by atoms with E-state index in [0.29, 0.717) is 10.1 Å². The van der Waals surface area contributed by atoms with E-state index in [9.17, 15) is 9.18 Å². The van der Waals surface area contributed by atoms with Crippen LogP contribution in [-0.4, -0.2) is 38.7 Å². The number of nitrogens with one attached hydrogen (secondary N) is 1. The van der Waals surface area contributed by atoms with E-state index in [0.717, 1.165) is 37.1 Å². The van der Waals surface area contributed by atoms with Crippen LogP contribution in [-0.2, 0) is 11.3 Å². The van der Waals surface area contributed by atoms with Gasteiger partial charge in [-0.2, -0.15) is 5.10 Å². The Morgan fingerprint density at radius 2 is 2.04 bits per heavy atom. The summed E-state index contributed by atoms with van der Waals surface area (Å²) >= 11 is 3.19. The van der Waals surface area contributed by atoms with Crippen molar-refractivity contribution in [2.45, 2.75) is 25.8 Å². The fourth-order valence-electron chi connectivity index (χ4n) is 3.27. The summed E-state index contributed by atoms with van der Waals surface area (Å²) in [6.45, 7) is 1.86. The minimum atomic E-state index is -0.502. The smallest absolute Gasteiger partial charge is 0.246 e. The molecule has 27 heavy (non-hydrogen) atoms. The predicted molar refractivity (Wildman–Crippen MR) is 104 cm³/mol. The van der Waals surface area contributed by atoms with Gasteiger partial charge in [0.2, 0.25) is 5.91 Å². The van der Waals surface area contributed by atoms with Gasteiger partial charge < -0.3 is 10.2 Å². The molecule has 3 heterocycles. The van der Waals surface area contributed by atoms with E-state index >= 15 is 0 Å². The molecule has 0 unspecified atom stereocenters. The number of piperidine rings is 1. The highest BCUT2D eigenvalue weighted by Crippen LogP contribution is 2.25. The van der Waals surface area contributed by atoms with Crippen molar-refractivity contribution in [2.24, 2.45) is 0 Å². The first-order valence-corrected chi connectivity index (χ1v) is 9.57. The highest BCUT2D eigenvalue weighted by atomic mass is 79.9. The summed E-state index contributed by atoms with van der Waals surface area (Å²) < 4.78 is 16.0. The molecule has 1 amide bonds. The maximum atomic E-state index is 13.9. The highest BCUT2D eigenvalue weighted by Gasteiger charge is 2.18. The molecule has 0 bridgehead atoms. The van der Waals surface area contributed by atoms with Crippen molar-refractivity contribution in [2.75, 3.05) is 23.3 Å². The van der Waals surface area contributed by atoms with Crippen LogP contribution in [0.15, 0.2) is 35.2 Å². The minimum Gasteiger partial charge on any atom is -0.356 e. The fourth-order valence-corrected chi connectivity index (χ4v) is 3.60. The second-order valence-electron chi connectivity index (χ2n) is 6.46. The quantitative estimate of drug-likeness (QED) is 0.683. The van der Waals surface area contributed by atoms with Gasteiger partial charge in [-0.15, -0.1) is 0 Å². The Balaban J connectivity index is 1.54. The molecule has 1 aliphatic rings. The number of hydrogen-bond donors (Lipinski definition) is 1. The summed E-state index contributed by atoms with van der Waals surface area (Å²) in [4.78, 5) is 23.3. The average Bonchev–Trinajstić information content (AvgIpc) is 3.08. The largest absolute Gasteiger partial charge is 0.356 e. The maximum Gasteiger partial charge on any atom is 0.246 e. The van der Waals surface area contributed by atoms with Gasteiger partial charge in [-0.25, -0.2) is 19.0 Å². The summed E-state index contributed by atoms with van der Waals surface area (Å²) in [5.74, 6) is -0.0255. The molecule has 0 radical (unpaired) electrons. The number of benzene rings is 1. The van der Waals surface area contributed by atoms with Crippen molar-refractivity contribution >= 4 is 44.4 Å². The third kappa shape index (κ3) is 3.78. The third-order valence-electron chi connectivity index (χ3n) is 4.57. The molecule has 1 aliphatic heterocycles. The minimum absolute atomic E-state index is 0.0601. The average molecular weight is 433 g/mol. The number of amides is 1. The van der Waals surface area contributed by atoms with Crippen LogP contribution < -0.4 is 10.2 Å². The third-order valence-corrected chi connectivity index (χ3v) is 5.06. The van der Waals surface area contributed by atoms with E-state index in [2.05, 4.69) is 41.2 Å². The molecule has 0 saturated carbocycles. The Morgan fingerprint density at radius 3 is 2.81 bits per heavy atom. The molecule has 1 N–H and O–H groups in total. The van der Waals surface area contributed by atoms with Crippen LogP contribution in [0.2, 0.25) is 0 Å². The van der Waals surface area contributed by atoms with Crippen molar-refractivity contribution in [3.05, 3.63) is 41.0 Å². The lowest BCUT2D eigenvalue weighted by Crippen LogP contribution is -2.30. The van der Waals surface area contributed by atoms with Crippen LogP contribution in [0.4, 0.5) is 15.9 Å². The Hall–Kier alpha value is -2.55. The molecule has 0 atom stereocenters. The predicted octanol–water partition coefficient (Wildman–Crippen LogP) is 3.36. The Labute approximate surface area is 163 Å². The second-order valence-corrected chi connectivity index (χ2v) is 7.37. The molecule has 1 fully saturated rings. The zero-order valence-electron chi connectivity index (χ0n) is 14.5. The van der Waals surface area contributed by atoms with Crippen LogP contribution in [0.1, 0.15) is 19.3 Å².